The first-order chi connectivity index (χ1) is 3.81. The first-order valence-electron chi connectivity index (χ1n) is 2.35. The van der Waals surface area contributed by atoms with Crippen molar-refractivity contribution >= 4 is 6.21 Å². The molecule has 0 rings (SSSR count). The second-order valence-corrected chi connectivity index (χ2v) is 1.29. The molecule has 0 aliphatic carbocycles. The summed E-state index contributed by atoms with van der Waals surface area (Å²) in [6.07, 6.45) is 1.64. The number of aliphatic imine (C=N–C) groups is 1. The minimum absolute atomic E-state index is 0.759. The van der Waals surface area contributed by atoms with E-state index in [2.05, 4.69) is 22.4 Å². The van der Waals surface area contributed by atoms with Gasteiger partial charge in [0.25, 0.3) is 0 Å². The fourth-order valence-electron chi connectivity index (χ4n) is 0.349. The third kappa shape index (κ3) is 3.36. The van der Waals surface area contributed by atoms with Crippen LogP contribution in [-0.2, 0) is 0 Å². The summed E-state index contributed by atoms with van der Waals surface area (Å²) in [5.41, 5.74) is 6.22. The average Bonchev–Trinajstić information content (AvgIpc) is 1.68. The van der Waals surface area contributed by atoms with Gasteiger partial charge in [-0.2, -0.15) is 0 Å². The highest BCUT2D eigenvalue weighted by atomic mass is 15.3. The number of hydrogen-bond donors (Lipinski definition) is 2. The molecule has 0 fully saturated rings. The molecule has 0 aromatic rings. The van der Waals surface area contributed by atoms with Crippen LogP contribution in [0.2, 0.25) is 0 Å². The van der Waals surface area contributed by atoms with E-state index in [1.54, 1.807) is 20.3 Å². The minimum atomic E-state index is 0.759. The van der Waals surface area contributed by atoms with Crippen LogP contribution in [0.3, 0.4) is 0 Å². The highest BCUT2D eigenvalue weighted by Crippen LogP contribution is 1.70. The molecule has 0 heterocycles. The van der Waals surface area contributed by atoms with E-state index in [1.165, 1.54) is 0 Å². The number of hydrazine groups is 1. The van der Waals surface area contributed by atoms with Crippen molar-refractivity contribution in [2.24, 2.45) is 4.99 Å². The summed E-state index contributed by atoms with van der Waals surface area (Å²) in [4.78, 5) is 3.73. The minimum Gasteiger partial charge on any atom is -0.321 e. The first kappa shape index (κ1) is 7.17. The molecule has 0 spiro atoms. The van der Waals surface area contributed by atoms with Crippen molar-refractivity contribution in [1.29, 1.82) is 0 Å². The third-order valence-corrected chi connectivity index (χ3v) is 0.570. The van der Waals surface area contributed by atoms with Gasteiger partial charge >= 0.3 is 0 Å². The zero-order chi connectivity index (χ0) is 6.41. The molecule has 0 aromatic heterocycles. The molecule has 46 valence electrons. The normalized spacial score (nSPS) is 9.75. The number of hydrogen-bond acceptors (Lipinski definition) is 3. The van der Waals surface area contributed by atoms with Crippen molar-refractivity contribution in [1.82, 2.24) is 10.9 Å². The van der Waals surface area contributed by atoms with Gasteiger partial charge < -0.3 is 5.43 Å². The van der Waals surface area contributed by atoms with Gasteiger partial charge in [-0.15, -0.1) is 0 Å². The summed E-state index contributed by atoms with van der Waals surface area (Å²) >= 11 is 0. The second-order valence-electron chi connectivity index (χ2n) is 1.29. The topological polar surface area (TPSA) is 36.4 Å². The van der Waals surface area contributed by atoms with Gasteiger partial charge in [0.1, 0.15) is 0 Å². The van der Waals surface area contributed by atoms with E-state index < -0.39 is 0 Å². The molecule has 0 aromatic carbocycles. The monoisotopic (exact) mass is 113 g/mol. The predicted octanol–water partition coefficient (Wildman–Crippen LogP) is -0.0753. The van der Waals surface area contributed by atoms with Gasteiger partial charge in [0.2, 0.25) is 0 Å². The molecule has 3 nitrogen and oxygen atoms in total. The summed E-state index contributed by atoms with van der Waals surface area (Å²) in [7, 11) is 3.47. The molecule has 0 unspecified atom stereocenters. The van der Waals surface area contributed by atoms with E-state index in [-0.39, 0.29) is 0 Å². The molecule has 0 amide bonds. The maximum absolute atomic E-state index is 3.73. The van der Waals surface area contributed by atoms with Crippen LogP contribution in [-0.4, -0.2) is 20.3 Å². The van der Waals surface area contributed by atoms with E-state index in [1.807, 2.05) is 0 Å². The number of nitrogens with zero attached hydrogens (tertiary/aromatic N) is 1. The Balaban J connectivity index is 3.33. The highest BCUT2D eigenvalue weighted by molar-refractivity contribution is 5.76. The summed E-state index contributed by atoms with van der Waals surface area (Å²) < 4.78 is 0. The molecule has 8 heavy (non-hydrogen) atoms. The molecule has 0 radical (unpaired) electrons. The standard InChI is InChI=1S/C5H11N3/c1-5(4-6-2)8-7-3/h4,7-8H,1H2,2-3H3/b6-4-. The zero-order valence-electron chi connectivity index (χ0n) is 5.23. The Hall–Kier alpha value is -0.830. The van der Waals surface area contributed by atoms with Crippen molar-refractivity contribution in [3.8, 4) is 0 Å². The lowest BCUT2D eigenvalue weighted by Gasteiger charge is -1.98. The van der Waals surface area contributed by atoms with Crippen LogP contribution in [0.25, 0.3) is 0 Å². The molecule has 0 aliphatic rings. The summed E-state index contributed by atoms with van der Waals surface area (Å²) in [5, 5.41) is 0. The predicted molar refractivity (Wildman–Crippen MR) is 35.8 cm³/mol. The Morgan fingerprint density at radius 3 is 2.75 bits per heavy atom. The fraction of sp³-hybridized carbons (Fsp3) is 0.400. The Kier molecular flexibility index (Phi) is 3.88. The maximum Gasteiger partial charge on any atom is 0.0593 e. The SMILES string of the molecule is C=C(/C=N\C)NNC. The van der Waals surface area contributed by atoms with Gasteiger partial charge in [0.15, 0.2) is 0 Å². The van der Waals surface area contributed by atoms with E-state index >= 15 is 0 Å². The van der Waals surface area contributed by atoms with Gasteiger partial charge in [-0.25, -0.2) is 5.43 Å². The number of allylic oxidation sites excluding steroid dienone is 1. The van der Waals surface area contributed by atoms with Crippen LogP contribution in [0.4, 0.5) is 0 Å². The maximum atomic E-state index is 3.73. The molecular weight excluding hydrogens is 102 g/mol. The molecule has 0 atom stereocenters. The molecule has 0 bridgehead atoms. The smallest absolute Gasteiger partial charge is 0.0593 e. The van der Waals surface area contributed by atoms with Crippen LogP contribution in [0, 0.1) is 0 Å². The van der Waals surface area contributed by atoms with Crippen LogP contribution in [0.15, 0.2) is 17.3 Å². The fourth-order valence-corrected chi connectivity index (χ4v) is 0.349. The van der Waals surface area contributed by atoms with Crippen molar-refractivity contribution < 1.29 is 0 Å². The Bertz CT molecular complexity index is 95.8. The molecule has 0 saturated carbocycles. The summed E-state index contributed by atoms with van der Waals surface area (Å²) in [5.74, 6) is 0. The van der Waals surface area contributed by atoms with Crippen molar-refractivity contribution in [2.45, 2.75) is 0 Å². The van der Waals surface area contributed by atoms with Crippen molar-refractivity contribution in [3.63, 3.8) is 0 Å². The van der Waals surface area contributed by atoms with Gasteiger partial charge in [-0.1, -0.05) is 6.58 Å². The number of nitrogens with one attached hydrogen (secondary N) is 2. The van der Waals surface area contributed by atoms with Gasteiger partial charge in [0, 0.05) is 20.3 Å². The second kappa shape index (κ2) is 4.33. The quantitative estimate of drug-likeness (QED) is 0.397. The Morgan fingerprint density at radius 2 is 2.38 bits per heavy atom. The summed E-state index contributed by atoms with van der Waals surface area (Å²) in [6, 6.07) is 0. The number of rotatable bonds is 3. The Labute approximate surface area is 49.5 Å². The lowest BCUT2D eigenvalue weighted by atomic mass is 10.6. The largest absolute Gasteiger partial charge is 0.321 e. The van der Waals surface area contributed by atoms with E-state index in [0.29, 0.717) is 0 Å². The summed E-state index contributed by atoms with van der Waals surface area (Å²) in [6.45, 7) is 3.61. The Morgan fingerprint density at radius 1 is 1.75 bits per heavy atom. The van der Waals surface area contributed by atoms with Crippen LogP contribution in [0.1, 0.15) is 0 Å². The molecular formula is C5H11N3. The van der Waals surface area contributed by atoms with Crippen LogP contribution >= 0.6 is 0 Å². The van der Waals surface area contributed by atoms with E-state index in [9.17, 15) is 0 Å². The molecule has 0 aliphatic heterocycles. The van der Waals surface area contributed by atoms with Crippen molar-refractivity contribution in [2.75, 3.05) is 14.1 Å². The van der Waals surface area contributed by atoms with Crippen LogP contribution < -0.4 is 10.9 Å². The zero-order valence-corrected chi connectivity index (χ0v) is 5.23. The first-order valence-corrected chi connectivity index (χ1v) is 2.35. The van der Waals surface area contributed by atoms with Gasteiger partial charge in [0.05, 0.1) is 5.70 Å². The van der Waals surface area contributed by atoms with Crippen LogP contribution in [0.5, 0.6) is 0 Å². The lowest BCUT2D eigenvalue weighted by molar-refractivity contribution is 0.716. The highest BCUT2D eigenvalue weighted by Gasteiger charge is 1.77. The van der Waals surface area contributed by atoms with Gasteiger partial charge in [-0.05, 0) is 0 Å². The van der Waals surface area contributed by atoms with E-state index in [4.69, 9.17) is 0 Å². The molecule has 3 heteroatoms. The average molecular weight is 113 g/mol. The van der Waals surface area contributed by atoms with E-state index in [0.717, 1.165) is 5.70 Å². The third-order valence-electron chi connectivity index (χ3n) is 0.570. The lowest BCUT2D eigenvalue weighted by Crippen LogP contribution is -2.26. The van der Waals surface area contributed by atoms with Crippen molar-refractivity contribution in [3.05, 3.63) is 12.3 Å². The molecule has 2 N–H and O–H groups in total. The van der Waals surface area contributed by atoms with Gasteiger partial charge in [-0.3, -0.25) is 4.99 Å². The molecule has 0 saturated heterocycles.